The maximum Gasteiger partial charge on any atom is 0.223 e. The number of rotatable bonds is 4. The third-order valence-electron chi connectivity index (χ3n) is 5.71. The molecule has 1 aromatic rings. The van der Waals surface area contributed by atoms with Crippen molar-refractivity contribution in [2.75, 3.05) is 26.2 Å². The maximum atomic E-state index is 12.6. The predicted octanol–water partition coefficient (Wildman–Crippen LogP) is 3.05. The standard InChI is InChI=1S/C19H28N2O/c1-3-21(4-2)18(22)13-15-14-19(9-11-20-12-10-19)17-8-6-5-7-16(15)17/h5-8,15,20H,3-4,9-14H2,1-2H3/t15-/m0/s1. The molecule has 1 atom stereocenters. The zero-order valence-electron chi connectivity index (χ0n) is 13.9. The summed E-state index contributed by atoms with van der Waals surface area (Å²) >= 11 is 0. The highest BCUT2D eigenvalue weighted by Gasteiger charge is 2.44. The Labute approximate surface area is 134 Å². The average molecular weight is 300 g/mol. The summed E-state index contributed by atoms with van der Waals surface area (Å²) in [4.78, 5) is 14.5. The van der Waals surface area contributed by atoms with E-state index in [1.807, 2.05) is 4.90 Å². The highest BCUT2D eigenvalue weighted by molar-refractivity contribution is 5.77. The minimum atomic E-state index is 0.316. The molecule has 1 heterocycles. The fourth-order valence-corrected chi connectivity index (χ4v) is 4.50. The van der Waals surface area contributed by atoms with Crippen LogP contribution in [0.5, 0.6) is 0 Å². The van der Waals surface area contributed by atoms with Crippen molar-refractivity contribution >= 4 is 5.91 Å². The van der Waals surface area contributed by atoms with Crippen molar-refractivity contribution in [1.29, 1.82) is 0 Å². The number of fused-ring (bicyclic) bond motifs is 2. The number of hydrogen-bond donors (Lipinski definition) is 1. The van der Waals surface area contributed by atoms with Crippen LogP contribution in [-0.4, -0.2) is 37.0 Å². The van der Waals surface area contributed by atoms with Gasteiger partial charge in [0.2, 0.25) is 5.91 Å². The van der Waals surface area contributed by atoms with Crippen LogP contribution in [0.3, 0.4) is 0 Å². The molecule has 1 fully saturated rings. The molecule has 0 bridgehead atoms. The molecule has 3 heteroatoms. The number of nitrogens with one attached hydrogen (secondary N) is 1. The lowest BCUT2D eigenvalue weighted by Crippen LogP contribution is -2.38. The van der Waals surface area contributed by atoms with E-state index in [2.05, 4.69) is 43.4 Å². The van der Waals surface area contributed by atoms with Gasteiger partial charge in [0, 0.05) is 19.5 Å². The van der Waals surface area contributed by atoms with Gasteiger partial charge in [-0.1, -0.05) is 24.3 Å². The van der Waals surface area contributed by atoms with E-state index in [0.29, 0.717) is 23.7 Å². The van der Waals surface area contributed by atoms with Gasteiger partial charge in [0.15, 0.2) is 0 Å². The Hall–Kier alpha value is -1.35. The molecule has 1 spiro atoms. The number of carbonyl (C=O) groups excluding carboxylic acids is 1. The van der Waals surface area contributed by atoms with Crippen LogP contribution in [0.1, 0.15) is 56.6 Å². The summed E-state index contributed by atoms with van der Waals surface area (Å²) in [6.07, 6.45) is 4.24. The van der Waals surface area contributed by atoms with E-state index in [9.17, 15) is 4.79 Å². The summed E-state index contributed by atoms with van der Waals surface area (Å²) in [7, 11) is 0. The lowest BCUT2D eigenvalue weighted by Gasteiger charge is -2.35. The van der Waals surface area contributed by atoms with Crippen molar-refractivity contribution in [3.05, 3.63) is 35.4 Å². The van der Waals surface area contributed by atoms with E-state index in [1.54, 1.807) is 0 Å². The normalized spacial score (nSPS) is 22.5. The molecule has 3 rings (SSSR count). The smallest absolute Gasteiger partial charge is 0.223 e. The minimum absolute atomic E-state index is 0.316. The monoisotopic (exact) mass is 300 g/mol. The molecule has 3 nitrogen and oxygen atoms in total. The molecule has 2 aliphatic rings. The second kappa shape index (κ2) is 6.41. The van der Waals surface area contributed by atoms with Gasteiger partial charge in [-0.15, -0.1) is 0 Å². The van der Waals surface area contributed by atoms with Crippen LogP contribution in [-0.2, 0) is 10.2 Å². The third kappa shape index (κ3) is 2.67. The summed E-state index contributed by atoms with van der Waals surface area (Å²) in [5.41, 5.74) is 3.27. The van der Waals surface area contributed by atoms with Crippen LogP contribution >= 0.6 is 0 Å². The maximum absolute atomic E-state index is 12.6. The molecule has 1 N–H and O–H groups in total. The molecule has 0 unspecified atom stereocenters. The fourth-order valence-electron chi connectivity index (χ4n) is 4.50. The molecule has 1 aliphatic heterocycles. The van der Waals surface area contributed by atoms with E-state index in [4.69, 9.17) is 0 Å². The van der Waals surface area contributed by atoms with Gasteiger partial charge < -0.3 is 10.2 Å². The van der Waals surface area contributed by atoms with Crippen LogP contribution in [0.2, 0.25) is 0 Å². The van der Waals surface area contributed by atoms with Crippen molar-refractivity contribution in [3.63, 3.8) is 0 Å². The molecule has 1 saturated heterocycles. The van der Waals surface area contributed by atoms with Gasteiger partial charge >= 0.3 is 0 Å². The zero-order chi connectivity index (χ0) is 15.6. The first-order valence-corrected chi connectivity index (χ1v) is 8.78. The van der Waals surface area contributed by atoms with Crippen LogP contribution < -0.4 is 5.32 Å². The Morgan fingerprint density at radius 2 is 1.91 bits per heavy atom. The zero-order valence-corrected chi connectivity index (χ0v) is 13.9. The quantitative estimate of drug-likeness (QED) is 0.927. The Bertz CT molecular complexity index is 530. The van der Waals surface area contributed by atoms with E-state index < -0.39 is 0 Å². The molecule has 0 radical (unpaired) electrons. The first-order chi connectivity index (χ1) is 10.7. The second-order valence-electron chi connectivity index (χ2n) is 6.79. The highest BCUT2D eigenvalue weighted by Crippen LogP contribution is 2.51. The lowest BCUT2D eigenvalue weighted by molar-refractivity contribution is -0.131. The summed E-state index contributed by atoms with van der Waals surface area (Å²) in [5.74, 6) is 0.721. The van der Waals surface area contributed by atoms with Crippen molar-refractivity contribution in [1.82, 2.24) is 10.2 Å². The minimum Gasteiger partial charge on any atom is -0.343 e. The van der Waals surface area contributed by atoms with Crippen LogP contribution in [0.4, 0.5) is 0 Å². The van der Waals surface area contributed by atoms with Crippen molar-refractivity contribution in [2.45, 2.75) is 50.9 Å². The molecule has 22 heavy (non-hydrogen) atoms. The van der Waals surface area contributed by atoms with Gasteiger partial charge in [0.1, 0.15) is 0 Å². The molecule has 1 aromatic carbocycles. The molecular weight excluding hydrogens is 272 g/mol. The summed E-state index contributed by atoms with van der Waals surface area (Å²) in [5, 5.41) is 3.48. The van der Waals surface area contributed by atoms with E-state index in [1.165, 1.54) is 24.0 Å². The largest absolute Gasteiger partial charge is 0.343 e. The highest BCUT2D eigenvalue weighted by atomic mass is 16.2. The molecule has 1 amide bonds. The van der Waals surface area contributed by atoms with Crippen LogP contribution in [0, 0.1) is 0 Å². The Kier molecular flexibility index (Phi) is 4.53. The van der Waals surface area contributed by atoms with Gasteiger partial charge in [0.05, 0.1) is 0 Å². The topological polar surface area (TPSA) is 32.3 Å². The third-order valence-corrected chi connectivity index (χ3v) is 5.71. The summed E-state index contributed by atoms with van der Waals surface area (Å²) in [6, 6.07) is 8.86. The first-order valence-electron chi connectivity index (χ1n) is 8.78. The van der Waals surface area contributed by atoms with Crippen molar-refractivity contribution in [2.24, 2.45) is 0 Å². The number of benzene rings is 1. The van der Waals surface area contributed by atoms with Crippen LogP contribution in [0.15, 0.2) is 24.3 Å². The molecule has 0 saturated carbocycles. The second-order valence-corrected chi connectivity index (χ2v) is 6.79. The Balaban J connectivity index is 1.84. The molecular formula is C19H28N2O. The number of carbonyl (C=O) groups is 1. The van der Waals surface area contributed by atoms with E-state index in [0.717, 1.165) is 32.6 Å². The van der Waals surface area contributed by atoms with Gasteiger partial charge in [0.25, 0.3) is 0 Å². The number of piperidine rings is 1. The number of hydrogen-bond acceptors (Lipinski definition) is 2. The first kappa shape index (κ1) is 15.5. The van der Waals surface area contributed by atoms with Gasteiger partial charge in [-0.25, -0.2) is 0 Å². The van der Waals surface area contributed by atoms with Crippen LogP contribution in [0.25, 0.3) is 0 Å². The Morgan fingerprint density at radius 1 is 1.23 bits per heavy atom. The lowest BCUT2D eigenvalue weighted by atomic mass is 9.73. The number of nitrogens with zero attached hydrogens (tertiary/aromatic N) is 1. The molecule has 0 aromatic heterocycles. The summed E-state index contributed by atoms with van der Waals surface area (Å²) < 4.78 is 0. The van der Waals surface area contributed by atoms with Crippen molar-refractivity contribution < 1.29 is 4.79 Å². The van der Waals surface area contributed by atoms with Gasteiger partial charge in [-0.05, 0) is 68.7 Å². The Morgan fingerprint density at radius 3 is 2.59 bits per heavy atom. The fraction of sp³-hybridized carbons (Fsp3) is 0.632. The molecule has 1 aliphatic carbocycles. The molecule has 120 valence electrons. The van der Waals surface area contributed by atoms with Gasteiger partial charge in [-0.2, -0.15) is 0 Å². The predicted molar refractivity (Wildman–Crippen MR) is 90.1 cm³/mol. The van der Waals surface area contributed by atoms with E-state index in [-0.39, 0.29) is 0 Å². The SMILES string of the molecule is CCN(CC)C(=O)C[C@H]1CC2(CCNCC2)c2ccccc21. The number of amides is 1. The van der Waals surface area contributed by atoms with E-state index >= 15 is 0 Å². The van der Waals surface area contributed by atoms with Gasteiger partial charge in [-0.3, -0.25) is 4.79 Å². The van der Waals surface area contributed by atoms with Crippen molar-refractivity contribution in [3.8, 4) is 0 Å². The average Bonchev–Trinajstić information content (AvgIpc) is 2.83. The summed E-state index contributed by atoms with van der Waals surface area (Å²) in [6.45, 7) is 7.98.